The molecule has 0 spiro atoms. The highest BCUT2D eigenvalue weighted by atomic mass is 15.3. The van der Waals surface area contributed by atoms with Gasteiger partial charge in [0.2, 0.25) is 0 Å². The van der Waals surface area contributed by atoms with Crippen LogP contribution < -0.4 is 10.6 Å². The molecule has 1 heterocycles. The van der Waals surface area contributed by atoms with Crippen molar-refractivity contribution in [2.45, 2.75) is 32.2 Å². The van der Waals surface area contributed by atoms with E-state index < -0.39 is 0 Å². The molecule has 1 aliphatic carbocycles. The lowest BCUT2D eigenvalue weighted by atomic mass is 10.2. The fourth-order valence-corrected chi connectivity index (χ4v) is 1.97. The quantitative estimate of drug-likeness (QED) is 0.453. The van der Waals surface area contributed by atoms with Crippen LogP contribution in [0.15, 0.2) is 17.3 Å². The van der Waals surface area contributed by atoms with Crippen LogP contribution in [0.2, 0.25) is 0 Å². The molecule has 0 amide bonds. The van der Waals surface area contributed by atoms with Gasteiger partial charge in [-0.3, -0.25) is 9.67 Å². The fraction of sp³-hybridized carbons (Fsp3) is 0.692. The van der Waals surface area contributed by atoms with E-state index in [0.29, 0.717) is 0 Å². The van der Waals surface area contributed by atoms with Gasteiger partial charge in [0.25, 0.3) is 0 Å². The third kappa shape index (κ3) is 4.05. The molecule has 0 atom stereocenters. The second kappa shape index (κ2) is 6.42. The van der Waals surface area contributed by atoms with E-state index in [2.05, 4.69) is 20.7 Å². The molecular weight excluding hydrogens is 226 g/mol. The number of rotatable bonds is 6. The summed E-state index contributed by atoms with van der Waals surface area (Å²) in [5.74, 6) is 1.88. The Morgan fingerprint density at radius 3 is 2.94 bits per heavy atom. The number of nitrogens with zero attached hydrogens (tertiary/aromatic N) is 3. The topological polar surface area (TPSA) is 54.2 Å². The van der Waals surface area contributed by atoms with Crippen LogP contribution in [0.4, 0.5) is 0 Å². The summed E-state index contributed by atoms with van der Waals surface area (Å²) in [6.45, 7) is 1.75. The van der Waals surface area contributed by atoms with Crippen molar-refractivity contribution < 1.29 is 0 Å². The van der Waals surface area contributed by atoms with Crippen LogP contribution in [0.1, 0.15) is 31.4 Å². The second-order valence-corrected chi connectivity index (χ2v) is 4.88. The van der Waals surface area contributed by atoms with Crippen LogP contribution in [0.25, 0.3) is 0 Å². The zero-order valence-corrected chi connectivity index (χ0v) is 11.3. The van der Waals surface area contributed by atoms with Crippen LogP contribution in [-0.4, -0.2) is 29.3 Å². The van der Waals surface area contributed by atoms with Gasteiger partial charge in [-0.25, -0.2) is 0 Å². The molecule has 0 aliphatic heterocycles. The smallest absolute Gasteiger partial charge is 0.191 e. The van der Waals surface area contributed by atoms with Gasteiger partial charge in [-0.05, 0) is 24.8 Å². The van der Waals surface area contributed by atoms with Crippen LogP contribution in [0.5, 0.6) is 0 Å². The molecule has 1 aliphatic rings. The van der Waals surface area contributed by atoms with Crippen molar-refractivity contribution in [3.8, 4) is 0 Å². The van der Waals surface area contributed by atoms with E-state index in [1.807, 2.05) is 24.0 Å². The molecule has 1 aromatic heterocycles. The maximum Gasteiger partial charge on any atom is 0.191 e. The molecule has 0 bridgehead atoms. The van der Waals surface area contributed by atoms with Crippen LogP contribution in [0.3, 0.4) is 0 Å². The Balaban J connectivity index is 1.64. The molecule has 100 valence electrons. The van der Waals surface area contributed by atoms with Crippen molar-refractivity contribution in [3.63, 3.8) is 0 Å². The highest BCUT2D eigenvalue weighted by molar-refractivity contribution is 5.79. The monoisotopic (exact) mass is 249 g/mol. The molecule has 1 saturated carbocycles. The lowest BCUT2D eigenvalue weighted by Gasteiger charge is -2.11. The normalized spacial score (nSPS) is 15.8. The molecule has 18 heavy (non-hydrogen) atoms. The predicted molar refractivity (Wildman–Crippen MR) is 73.4 cm³/mol. The SMILES string of the molecule is CN=C(NCCCC1CC1)NCc1ccnn1C. The number of aromatic nitrogens is 2. The molecule has 2 N–H and O–H groups in total. The van der Waals surface area contributed by atoms with E-state index in [1.54, 1.807) is 7.05 Å². The van der Waals surface area contributed by atoms with Gasteiger partial charge in [0.15, 0.2) is 5.96 Å². The van der Waals surface area contributed by atoms with Gasteiger partial charge in [0, 0.05) is 26.8 Å². The molecule has 5 nitrogen and oxygen atoms in total. The van der Waals surface area contributed by atoms with Gasteiger partial charge in [0.05, 0.1) is 12.2 Å². The molecule has 0 saturated heterocycles. The summed E-state index contributed by atoms with van der Waals surface area (Å²) in [6, 6.07) is 2.01. The first-order valence-electron chi connectivity index (χ1n) is 6.71. The van der Waals surface area contributed by atoms with Gasteiger partial charge >= 0.3 is 0 Å². The number of nitrogens with one attached hydrogen (secondary N) is 2. The summed E-state index contributed by atoms with van der Waals surface area (Å²) in [5.41, 5.74) is 1.15. The first-order valence-corrected chi connectivity index (χ1v) is 6.71. The van der Waals surface area contributed by atoms with Gasteiger partial charge in [-0.1, -0.05) is 12.8 Å². The molecule has 0 unspecified atom stereocenters. The fourth-order valence-electron chi connectivity index (χ4n) is 1.97. The summed E-state index contributed by atoms with van der Waals surface area (Å²) in [7, 11) is 3.75. The minimum atomic E-state index is 0.749. The van der Waals surface area contributed by atoms with Crippen molar-refractivity contribution in [2.75, 3.05) is 13.6 Å². The first-order chi connectivity index (χ1) is 8.79. The van der Waals surface area contributed by atoms with E-state index in [4.69, 9.17) is 0 Å². The highest BCUT2D eigenvalue weighted by Crippen LogP contribution is 2.33. The zero-order chi connectivity index (χ0) is 12.8. The zero-order valence-electron chi connectivity index (χ0n) is 11.3. The van der Waals surface area contributed by atoms with Crippen LogP contribution in [0, 0.1) is 5.92 Å². The second-order valence-electron chi connectivity index (χ2n) is 4.88. The maximum atomic E-state index is 4.21. The summed E-state index contributed by atoms with van der Waals surface area (Å²) in [4.78, 5) is 4.21. The summed E-state index contributed by atoms with van der Waals surface area (Å²) < 4.78 is 1.87. The number of guanidine groups is 1. The van der Waals surface area contributed by atoms with Crippen LogP contribution in [-0.2, 0) is 13.6 Å². The Kier molecular flexibility index (Phi) is 4.61. The minimum Gasteiger partial charge on any atom is -0.356 e. The number of aryl methyl sites for hydroxylation is 1. The average Bonchev–Trinajstić information content (AvgIpc) is 3.11. The van der Waals surface area contributed by atoms with Crippen molar-refractivity contribution >= 4 is 5.96 Å². The molecule has 0 radical (unpaired) electrons. The van der Waals surface area contributed by atoms with E-state index in [0.717, 1.165) is 30.7 Å². The lowest BCUT2D eigenvalue weighted by Crippen LogP contribution is -2.37. The Morgan fingerprint density at radius 2 is 2.33 bits per heavy atom. The van der Waals surface area contributed by atoms with E-state index in [1.165, 1.54) is 25.7 Å². The Morgan fingerprint density at radius 1 is 1.50 bits per heavy atom. The lowest BCUT2D eigenvalue weighted by molar-refractivity contribution is 0.639. The van der Waals surface area contributed by atoms with Gasteiger partial charge in [0.1, 0.15) is 0 Å². The van der Waals surface area contributed by atoms with Gasteiger partial charge in [-0.2, -0.15) is 5.10 Å². The van der Waals surface area contributed by atoms with Crippen molar-refractivity contribution in [1.29, 1.82) is 0 Å². The van der Waals surface area contributed by atoms with E-state index >= 15 is 0 Å². The maximum absolute atomic E-state index is 4.21. The Bertz CT molecular complexity index is 392. The molecule has 1 fully saturated rings. The number of aliphatic imine (C=N–C) groups is 1. The van der Waals surface area contributed by atoms with Crippen LogP contribution >= 0.6 is 0 Å². The first kappa shape index (κ1) is 12.9. The van der Waals surface area contributed by atoms with Crippen molar-refractivity contribution in [2.24, 2.45) is 18.0 Å². The van der Waals surface area contributed by atoms with Gasteiger partial charge in [-0.15, -0.1) is 0 Å². The standard InChI is InChI=1S/C13H23N5/c1-14-13(15-8-3-4-11-5-6-11)16-10-12-7-9-17-18(12)2/h7,9,11H,3-6,8,10H2,1-2H3,(H2,14,15,16). The third-order valence-electron chi connectivity index (χ3n) is 3.36. The third-order valence-corrected chi connectivity index (χ3v) is 3.36. The minimum absolute atomic E-state index is 0.749. The molecule has 2 rings (SSSR count). The summed E-state index contributed by atoms with van der Waals surface area (Å²) >= 11 is 0. The summed E-state index contributed by atoms with van der Waals surface area (Å²) in [5, 5.41) is 10.8. The van der Waals surface area contributed by atoms with Gasteiger partial charge < -0.3 is 10.6 Å². The van der Waals surface area contributed by atoms with E-state index in [-0.39, 0.29) is 0 Å². The molecular formula is C13H23N5. The summed E-state index contributed by atoms with van der Waals surface area (Å²) in [6.07, 6.45) is 7.27. The van der Waals surface area contributed by atoms with Crippen molar-refractivity contribution in [3.05, 3.63) is 18.0 Å². The average molecular weight is 249 g/mol. The molecule has 1 aromatic rings. The number of hydrogen-bond donors (Lipinski definition) is 2. The molecule has 5 heteroatoms. The Hall–Kier alpha value is -1.52. The predicted octanol–water partition coefficient (Wildman–Crippen LogP) is 1.28. The van der Waals surface area contributed by atoms with Crippen molar-refractivity contribution in [1.82, 2.24) is 20.4 Å². The highest BCUT2D eigenvalue weighted by Gasteiger charge is 2.19. The number of hydrogen-bond acceptors (Lipinski definition) is 2. The molecule has 0 aromatic carbocycles. The Labute approximate surface area is 109 Å². The van der Waals surface area contributed by atoms with E-state index in [9.17, 15) is 0 Å². The largest absolute Gasteiger partial charge is 0.356 e.